The van der Waals surface area contributed by atoms with Gasteiger partial charge in [0.2, 0.25) is 0 Å². The molecule has 1 aromatic heterocycles. The molecule has 150 valence electrons. The molecule has 1 heterocycles. The van der Waals surface area contributed by atoms with Gasteiger partial charge in [0.05, 0.1) is 23.8 Å². The molecule has 0 atom stereocenters. The summed E-state index contributed by atoms with van der Waals surface area (Å²) >= 11 is 0. The van der Waals surface area contributed by atoms with Crippen LogP contribution in [0.4, 0.5) is 5.69 Å². The second kappa shape index (κ2) is 9.20. The zero-order chi connectivity index (χ0) is 20.8. The maximum atomic E-state index is 12.7. The Morgan fingerprint density at radius 1 is 0.900 bits per heavy atom. The number of para-hydroxylation sites is 1. The van der Waals surface area contributed by atoms with Crippen LogP contribution in [0.3, 0.4) is 0 Å². The average molecular weight is 396 g/mol. The molecule has 0 saturated carbocycles. The summed E-state index contributed by atoms with van der Waals surface area (Å²) < 4.78 is 1.74. The van der Waals surface area contributed by atoms with Crippen molar-refractivity contribution in [1.82, 2.24) is 14.7 Å². The predicted molar refractivity (Wildman–Crippen MR) is 120 cm³/mol. The summed E-state index contributed by atoms with van der Waals surface area (Å²) in [7, 11) is 2.08. The van der Waals surface area contributed by atoms with E-state index < -0.39 is 0 Å². The smallest absolute Gasteiger partial charge is 0.255 e. The van der Waals surface area contributed by atoms with E-state index in [9.17, 15) is 4.79 Å². The van der Waals surface area contributed by atoms with Gasteiger partial charge in [0.1, 0.15) is 0 Å². The molecule has 3 aromatic carbocycles. The summed E-state index contributed by atoms with van der Waals surface area (Å²) in [6.07, 6.45) is 3.47. The molecule has 0 unspecified atom stereocenters. The molecule has 5 heteroatoms. The number of benzene rings is 3. The van der Waals surface area contributed by atoms with E-state index in [1.54, 1.807) is 10.9 Å². The quantitative estimate of drug-likeness (QED) is 0.490. The lowest BCUT2D eigenvalue weighted by Gasteiger charge is -2.17. The van der Waals surface area contributed by atoms with Crippen LogP contribution in [0, 0.1) is 0 Å². The van der Waals surface area contributed by atoms with Gasteiger partial charge in [-0.1, -0.05) is 60.7 Å². The summed E-state index contributed by atoms with van der Waals surface area (Å²) in [6.45, 7) is 1.62. The monoisotopic (exact) mass is 396 g/mol. The number of nitrogens with one attached hydrogen (secondary N) is 1. The molecule has 1 N–H and O–H groups in total. The van der Waals surface area contributed by atoms with Crippen molar-refractivity contribution in [3.63, 3.8) is 0 Å². The molecule has 0 radical (unpaired) electrons. The van der Waals surface area contributed by atoms with Crippen molar-refractivity contribution < 1.29 is 4.79 Å². The Bertz CT molecular complexity index is 1110. The first-order valence-corrected chi connectivity index (χ1v) is 9.90. The van der Waals surface area contributed by atoms with E-state index in [1.807, 2.05) is 79.0 Å². The molecule has 1 amide bonds. The Morgan fingerprint density at radius 3 is 2.33 bits per heavy atom. The van der Waals surface area contributed by atoms with E-state index in [-0.39, 0.29) is 5.91 Å². The second-order valence-corrected chi connectivity index (χ2v) is 7.32. The predicted octanol–water partition coefficient (Wildman–Crippen LogP) is 4.76. The lowest BCUT2D eigenvalue weighted by atomic mass is 10.1. The fraction of sp³-hybridized carbons (Fsp3) is 0.120. The van der Waals surface area contributed by atoms with Crippen LogP contribution in [-0.4, -0.2) is 27.6 Å². The highest BCUT2D eigenvalue weighted by Gasteiger charge is 2.10. The zero-order valence-corrected chi connectivity index (χ0v) is 16.9. The first-order chi connectivity index (χ1) is 14.7. The Labute approximate surface area is 176 Å². The minimum absolute atomic E-state index is 0.143. The SMILES string of the molecule is CN(Cc1ccccc1)Cc1cccc(C(=O)Nc2cnn(-c3ccccc3)c2)c1. The van der Waals surface area contributed by atoms with E-state index >= 15 is 0 Å². The van der Waals surface area contributed by atoms with Crippen molar-refractivity contribution in [1.29, 1.82) is 0 Å². The molecule has 5 nitrogen and oxygen atoms in total. The first-order valence-electron chi connectivity index (χ1n) is 9.90. The number of aromatic nitrogens is 2. The molecule has 0 aliphatic heterocycles. The van der Waals surface area contributed by atoms with Crippen LogP contribution >= 0.6 is 0 Å². The Hall–Kier alpha value is -3.70. The largest absolute Gasteiger partial charge is 0.319 e. The van der Waals surface area contributed by atoms with Gasteiger partial charge in [-0.2, -0.15) is 5.10 Å². The Kier molecular flexibility index (Phi) is 6.01. The third kappa shape index (κ3) is 5.01. The van der Waals surface area contributed by atoms with Crippen LogP contribution in [0.5, 0.6) is 0 Å². The third-order valence-electron chi connectivity index (χ3n) is 4.80. The van der Waals surface area contributed by atoms with E-state index in [0.29, 0.717) is 11.3 Å². The number of nitrogens with zero attached hydrogens (tertiary/aromatic N) is 3. The maximum absolute atomic E-state index is 12.7. The molecule has 0 aliphatic rings. The minimum atomic E-state index is -0.143. The molecular formula is C25H24N4O. The topological polar surface area (TPSA) is 50.2 Å². The average Bonchev–Trinajstić information content (AvgIpc) is 3.24. The molecule has 0 saturated heterocycles. The number of amides is 1. The highest BCUT2D eigenvalue weighted by atomic mass is 16.1. The number of anilines is 1. The highest BCUT2D eigenvalue weighted by molar-refractivity contribution is 6.04. The summed E-state index contributed by atoms with van der Waals surface area (Å²) in [5.41, 5.74) is 4.61. The van der Waals surface area contributed by atoms with Gasteiger partial charge in [-0.05, 0) is 42.4 Å². The summed E-state index contributed by atoms with van der Waals surface area (Å²) in [5, 5.41) is 7.26. The minimum Gasteiger partial charge on any atom is -0.319 e. The van der Waals surface area contributed by atoms with Gasteiger partial charge in [-0.15, -0.1) is 0 Å². The molecule has 0 spiro atoms. The van der Waals surface area contributed by atoms with Gasteiger partial charge in [-0.3, -0.25) is 9.69 Å². The van der Waals surface area contributed by atoms with Crippen LogP contribution in [-0.2, 0) is 13.1 Å². The van der Waals surface area contributed by atoms with Crippen LogP contribution in [0.25, 0.3) is 5.69 Å². The molecule has 4 aromatic rings. The fourth-order valence-corrected chi connectivity index (χ4v) is 3.39. The Morgan fingerprint density at radius 2 is 1.57 bits per heavy atom. The van der Waals surface area contributed by atoms with Crippen molar-refractivity contribution in [3.8, 4) is 5.69 Å². The van der Waals surface area contributed by atoms with Crippen LogP contribution in [0.15, 0.2) is 97.3 Å². The van der Waals surface area contributed by atoms with E-state index in [4.69, 9.17) is 0 Å². The number of hydrogen-bond acceptors (Lipinski definition) is 3. The van der Waals surface area contributed by atoms with Gasteiger partial charge in [0, 0.05) is 18.7 Å². The normalized spacial score (nSPS) is 10.9. The van der Waals surface area contributed by atoms with Gasteiger partial charge in [-0.25, -0.2) is 4.68 Å². The van der Waals surface area contributed by atoms with Gasteiger partial charge < -0.3 is 5.32 Å². The van der Waals surface area contributed by atoms with Gasteiger partial charge in [0.25, 0.3) is 5.91 Å². The molecule has 0 aliphatic carbocycles. The lowest BCUT2D eigenvalue weighted by Crippen LogP contribution is -2.18. The van der Waals surface area contributed by atoms with Crippen LogP contribution in [0.1, 0.15) is 21.5 Å². The summed E-state index contributed by atoms with van der Waals surface area (Å²) in [5.74, 6) is -0.143. The fourth-order valence-electron chi connectivity index (χ4n) is 3.39. The van der Waals surface area contributed by atoms with Crippen molar-refractivity contribution in [2.45, 2.75) is 13.1 Å². The Balaban J connectivity index is 1.40. The highest BCUT2D eigenvalue weighted by Crippen LogP contribution is 2.15. The summed E-state index contributed by atoms with van der Waals surface area (Å²) in [4.78, 5) is 15.0. The third-order valence-corrected chi connectivity index (χ3v) is 4.80. The summed E-state index contributed by atoms with van der Waals surface area (Å²) in [6, 6.07) is 27.9. The van der Waals surface area contributed by atoms with E-state index in [1.165, 1.54) is 5.56 Å². The van der Waals surface area contributed by atoms with Crippen LogP contribution < -0.4 is 5.32 Å². The van der Waals surface area contributed by atoms with E-state index in [2.05, 4.69) is 34.5 Å². The first kappa shape index (κ1) is 19.6. The molecule has 30 heavy (non-hydrogen) atoms. The molecule has 0 fully saturated rings. The second-order valence-electron chi connectivity index (χ2n) is 7.32. The molecular weight excluding hydrogens is 372 g/mol. The molecule has 4 rings (SSSR count). The lowest BCUT2D eigenvalue weighted by molar-refractivity contribution is 0.102. The molecule has 0 bridgehead atoms. The number of carbonyl (C=O) groups excluding carboxylic acids is 1. The van der Waals surface area contributed by atoms with Crippen molar-refractivity contribution >= 4 is 11.6 Å². The maximum Gasteiger partial charge on any atom is 0.255 e. The van der Waals surface area contributed by atoms with Crippen molar-refractivity contribution in [3.05, 3.63) is 114 Å². The standard InChI is InChI=1S/C25H24N4O/c1-28(17-20-9-4-2-5-10-20)18-21-11-8-12-22(15-21)25(30)27-23-16-26-29(19-23)24-13-6-3-7-14-24/h2-16,19H,17-18H2,1H3,(H,27,30). The van der Waals surface area contributed by atoms with Crippen molar-refractivity contribution in [2.24, 2.45) is 0 Å². The van der Waals surface area contributed by atoms with Gasteiger partial charge >= 0.3 is 0 Å². The number of carbonyl (C=O) groups is 1. The zero-order valence-electron chi connectivity index (χ0n) is 16.9. The van der Waals surface area contributed by atoms with E-state index in [0.717, 1.165) is 24.3 Å². The van der Waals surface area contributed by atoms with Gasteiger partial charge in [0.15, 0.2) is 0 Å². The number of rotatable bonds is 7. The number of hydrogen-bond donors (Lipinski definition) is 1. The van der Waals surface area contributed by atoms with Crippen molar-refractivity contribution in [2.75, 3.05) is 12.4 Å². The van der Waals surface area contributed by atoms with Crippen LogP contribution in [0.2, 0.25) is 0 Å².